The summed E-state index contributed by atoms with van der Waals surface area (Å²) < 4.78 is 9.73. The molecule has 0 aromatic heterocycles. The zero-order valence-corrected chi connectivity index (χ0v) is 28.5. The number of fused-ring (bicyclic) bond motifs is 6. The molecule has 2 atom stereocenters. The van der Waals surface area contributed by atoms with Gasteiger partial charge in [-0.3, -0.25) is 9.59 Å². The topological polar surface area (TPSA) is 179 Å². The summed E-state index contributed by atoms with van der Waals surface area (Å²) >= 11 is 0. The van der Waals surface area contributed by atoms with Crippen LogP contribution in [0.25, 0.3) is 22.3 Å². The summed E-state index contributed by atoms with van der Waals surface area (Å²) in [5, 5.41) is 19.1. The van der Waals surface area contributed by atoms with E-state index in [1.807, 2.05) is 97.1 Å². The van der Waals surface area contributed by atoms with E-state index in [1.165, 1.54) is 0 Å². The second-order valence-corrected chi connectivity index (χ2v) is 15.0. The average molecular weight is 713 g/mol. The highest BCUT2D eigenvalue weighted by atomic mass is 33.1. The van der Waals surface area contributed by atoms with E-state index < -0.39 is 47.1 Å². The highest BCUT2D eigenvalue weighted by Crippen LogP contribution is 2.48. The Morgan fingerprint density at radius 1 is 0.620 bits per heavy atom. The Balaban J connectivity index is 1.29. The first-order chi connectivity index (χ1) is 24.1. The molecule has 6 rings (SSSR count). The van der Waals surface area contributed by atoms with Crippen molar-refractivity contribution in [2.45, 2.75) is 41.5 Å². The summed E-state index contributed by atoms with van der Waals surface area (Å²) in [5.41, 5.74) is 19.6. The van der Waals surface area contributed by atoms with Crippen LogP contribution in [0, 0.1) is 0 Å². The van der Waals surface area contributed by atoms with E-state index in [0.717, 1.165) is 66.1 Å². The maximum atomic E-state index is 14.4. The molecular formula is C38H36N2O8S2. The van der Waals surface area contributed by atoms with E-state index in [-0.39, 0.29) is 37.2 Å². The van der Waals surface area contributed by atoms with Crippen LogP contribution in [0.5, 0.6) is 0 Å². The fraction of sp³-hybridized carbons (Fsp3) is 0.263. The molecule has 0 unspecified atom stereocenters. The third-order valence-electron chi connectivity index (χ3n) is 9.20. The van der Waals surface area contributed by atoms with Gasteiger partial charge in [0, 0.05) is 24.0 Å². The highest BCUT2D eigenvalue weighted by Gasteiger charge is 2.53. The third-order valence-corrected chi connectivity index (χ3v) is 12.2. The van der Waals surface area contributed by atoms with Crippen molar-refractivity contribution in [3.8, 4) is 22.3 Å². The molecular weight excluding hydrogens is 677 g/mol. The van der Waals surface area contributed by atoms with Crippen molar-refractivity contribution in [2.75, 3.05) is 19.0 Å². The minimum absolute atomic E-state index is 0.0312. The minimum Gasteiger partial charge on any atom is -0.480 e. The standard InChI is InChI=1S/C38H36N2O8S2/c39-32(34(41)42)17-18-49-50-38(19-33(40)35(43)44,36(45)47-20-30-26-13-5-1-9-22(26)23-10-2-6-14-27(23)30)37(46)48-21-31-28-15-7-3-11-24(28)25-12-4-8-16-29(25)31/h1-16,30-33H,17-21,39-40H2,(H,41,42)(H,43,44)/t32-,33-/m0/s1. The maximum absolute atomic E-state index is 14.4. The number of carboxylic acids is 2. The largest absolute Gasteiger partial charge is 0.480 e. The summed E-state index contributed by atoms with van der Waals surface area (Å²) in [6.07, 6.45) is -0.595. The quantitative estimate of drug-likeness (QED) is 0.0533. The molecule has 50 heavy (non-hydrogen) atoms. The van der Waals surface area contributed by atoms with E-state index >= 15 is 0 Å². The van der Waals surface area contributed by atoms with Gasteiger partial charge in [0.2, 0.25) is 4.75 Å². The van der Waals surface area contributed by atoms with Gasteiger partial charge in [-0.2, -0.15) is 0 Å². The fourth-order valence-electron chi connectivity index (χ4n) is 6.62. The van der Waals surface area contributed by atoms with Crippen LogP contribution in [0.2, 0.25) is 0 Å². The molecule has 0 heterocycles. The fourth-order valence-corrected chi connectivity index (χ4v) is 9.51. The second kappa shape index (κ2) is 15.1. The first kappa shape index (κ1) is 35.2. The smallest absolute Gasteiger partial charge is 0.334 e. The third kappa shape index (κ3) is 6.88. The zero-order valence-electron chi connectivity index (χ0n) is 26.9. The van der Waals surface area contributed by atoms with Crippen molar-refractivity contribution in [2.24, 2.45) is 11.5 Å². The average Bonchev–Trinajstić information content (AvgIpc) is 3.62. The van der Waals surface area contributed by atoms with Crippen LogP contribution in [-0.2, 0) is 28.7 Å². The van der Waals surface area contributed by atoms with Crippen LogP contribution in [0.4, 0.5) is 0 Å². The van der Waals surface area contributed by atoms with Crippen molar-refractivity contribution < 1.29 is 38.9 Å². The highest BCUT2D eigenvalue weighted by molar-refractivity contribution is 8.77. The monoisotopic (exact) mass is 712 g/mol. The van der Waals surface area contributed by atoms with Gasteiger partial charge >= 0.3 is 23.9 Å². The number of benzene rings is 4. The van der Waals surface area contributed by atoms with E-state index in [1.54, 1.807) is 0 Å². The van der Waals surface area contributed by atoms with Crippen molar-refractivity contribution >= 4 is 45.5 Å². The Morgan fingerprint density at radius 2 is 0.980 bits per heavy atom. The number of ether oxygens (including phenoxy) is 2. The van der Waals surface area contributed by atoms with Gasteiger partial charge in [-0.05, 0) is 50.9 Å². The predicted octanol–water partition coefficient (Wildman–Crippen LogP) is 5.42. The van der Waals surface area contributed by atoms with Crippen LogP contribution in [0.15, 0.2) is 97.1 Å². The molecule has 10 nitrogen and oxygen atoms in total. The summed E-state index contributed by atoms with van der Waals surface area (Å²) in [5.74, 6) is -5.11. The van der Waals surface area contributed by atoms with Crippen LogP contribution < -0.4 is 11.5 Å². The molecule has 6 N–H and O–H groups in total. The van der Waals surface area contributed by atoms with Gasteiger partial charge in [0.05, 0.1) is 0 Å². The van der Waals surface area contributed by atoms with Crippen LogP contribution in [0.3, 0.4) is 0 Å². The number of hydrogen-bond acceptors (Lipinski definition) is 10. The van der Waals surface area contributed by atoms with E-state index in [0.29, 0.717) is 0 Å². The molecule has 0 bridgehead atoms. The number of carbonyl (C=O) groups is 4. The van der Waals surface area contributed by atoms with Crippen molar-refractivity contribution in [1.82, 2.24) is 0 Å². The Labute approximate surface area is 296 Å². The SMILES string of the molecule is N[C@@H](CCSSC(C[C@H](N)C(=O)O)(C(=O)OCC1c2ccccc2-c2ccccc21)C(=O)OCC1c2ccccc2-c2ccccc21)C(=O)O. The normalized spacial score (nSPS) is 14.5. The molecule has 0 fully saturated rings. The maximum Gasteiger partial charge on any atom is 0.334 e. The van der Waals surface area contributed by atoms with Crippen LogP contribution >= 0.6 is 21.6 Å². The summed E-state index contributed by atoms with van der Waals surface area (Å²) in [6, 6.07) is 28.4. The second-order valence-electron chi connectivity index (χ2n) is 12.3. The van der Waals surface area contributed by atoms with Gasteiger partial charge in [0.1, 0.15) is 25.3 Å². The molecule has 4 aromatic carbocycles. The Hall–Kier alpha value is -4.62. The van der Waals surface area contributed by atoms with E-state index in [9.17, 15) is 29.4 Å². The molecule has 0 radical (unpaired) electrons. The molecule has 0 spiro atoms. The van der Waals surface area contributed by atoms with E-state index in [2.05, 4.69) is 0 Å². The molecule has 4 aromatic rings. The van der Waals surface area contributed by atoms with Gasteiger partial charge in [0.25, 0.3) is 0 Å². The molecule has 0 amide bonds. The summed E-state index contributed by atoms with van der Waals surface area (Å²) in [6.45, 7) is -0.245. The summed E-state index contributed by atoms with van der Waals surface area (Å²) in [4.78, 5) is 52.1. The lowest BCUT2D eigenvalue weighted by atomic mass is 9.96. The van der Waals surface area contributed by atoms with Crippen molar-refractivity contribution in [3.63, 3.8) is 0 Å². The summed E-state index contributed by atoms with van der Waals surface area (Å²) in [7, 11) is 1.78. The van der Waals surface area contributed by atoms with Gasteiger partial charge in [0.15, 0.2) is 0 Å². The molecule has 258 valence electrons. The number of carbonyl (C=O) groups excluding carboxylic acids is 2. The lowest BCUT2D eigenvalue weighted by molar-refractivity contribution is -0.160. The lowest BCUT2D eigenvalue weighted by Crippen LogP contribution is -2.51. The number of aliphatic carboxylic acids is 2. The predicted molar refractivity (Wildman–Crippen MR) is 193 cm³/mol. The first-order valence-corrected chi connectivity index (χ1v) is 18.4. The van der Waals surface area contributed by atoms with E-state index in [4.69, 9.17) is 20.9 Å². The number of hydrogen-bond donors (Lipinski definition) is 4. The zero-order chi connectivity index (χ0) is 35.4. The van der Waals surface area contributed by atoms with Crippen molar-refractivity contribution in [1.29, 1.82) is 0 Å². The number of rotatable bonds is 15. The number of carboxylic acid groups (broad SMARTS) is 2. The Bertz CT molecular complexity index is 1730. The van der Waals surface area contributed by atoms with Gasteiger partial charge < -0.3 is 31.2 Å². The molecule has 12 heteroatoms. The Kier molecular flexibility index (Phi) is 10.6. The molecule has 2 aliphatic carbocycles. The van der Waals surface area contributed by atoms with Gasteiger partial charge in [-0.15, -0.1) is 0 Å². The number of nitrogens with two attached hydrogens (primary N) is 2. The molecule has 0 saturated carbocycles. The first-order valence-electron chi connectivity index (χ1n) is 16.1. The number of esters is 2. The molecule has 2 aliphatic rings. The van der Waals surface area contributed by atoms with Gasteiger partial charge in [-0.1, -0.05) is 119 Å². The van der Waals surface area contributed by atoms with Gasteiger partial charge in [-0.25, -0.2) is 9.59 Å². The molecule has 0 aliphatic heterocycles. The lowest BCUT2D eigenvalue weighted by Gasteiger charge is -2.30. The molecule has 0 saturated heterocycles. The minimum atomic E-state index is -2.20. The Morgan fingerprint density at radius 3 is 1.34 bits per heavy atom. The van der Waals surface area contributed by atoms with Crippen LogP contribution in [0.1, 0.15) is 46.9 Å². The van der Waals surface area contributed by atoms with Crippen LogP contribution in [-0.4, -0.2) is 69.9 Å². The van der Waals surface area contributed by atoms with Crippen molar-refractivity contribution in [3.05, 3.63) is 119 Å².